The minimum Gasteiger partial charge on any atom is -0.508 e. The van der Waals surface area contributed by atoms with E-state index >= 15 is 0 Å². The molecule has 0 aliphatic rings. The Morgan fingerprint density at radius 2 is 1.78 bits per heavy atom. The van der Waals surface area contributed by atoms with Crippen LogP contribution in [0.4, 0.5) is 5.69 Å². The molecule has 0 aromatic heterocycles. The van der Waals surface area contributed by atoms with Crippen molar-refractivity contribution in [2.45, 2.75) is 13.8 Å². The summed E-state index contributed by atoms with van der Waals surface area (Å²) in [4.78, 5) is 22.4. The van der Waals surface area contributed by atoms with Crippen LogP contribution in [0.15, 0.2) is 47.6 Å². The first-order valence-corrected chi connectivity index (χ1v) is 6.77. The van der Waals surface area contributed by atoms with Gasteiger partial charge in [0.1, 0.15) is 5.75 Å². The lowest BCUT2D eigenvalue weighted by Crippen LogP contribution is -2.19. The zero-order chi connectivity index (χ0) is 17.0. The van der Waals surface area contributed by atoms with E-state index < -0.39 is 10.8 Å². The lowest BCUT2D eigenvalue weighted by molar-refractivity contribution is -0.385. The van der Waals surface area contributed by atoms with Crippen molar-refractivity contribution in [1.82, 2.24) is 5.43 Å². The maximum atomic E-state index is 11.9. The molecule has 0 heterocycles. The summed E-state index contributed by atoms with van der Waals surface area (Å²) in [6, 6.07) is 10.5. The zero-order valence-electron chi connectivity index (χ0n) is 12.6. The number of hydrogen-bond donors (Lipinski definition) is 2. The molecule has 0 radical (unpaired) electrons. The minimum absolute atomic E-state index is 0.00177. The first-order valence-electron chi connectivity index (χ1n) is 6.77. The SMILES string of the molecule is C/C(=N\NC(=O)c1ccc(O)cc1)c1ccc(C)c([N+](=O)[O-])c1. The fraction of sp³-hybridized carbons (Fsp3) is 0.125. The topological polar surface area (TPSA) is 105 Å². The highest BCUT2D eigenvalue weighted by molar-refractivity contribution is 6.01. The standard InChI is InChI=1S/C16H15N3O4/c1-10-3-4-13(9-15(10)19(22)23)11(2)17-18-16(21)12-5-7-14(20)8-6-12/h3-9,20H,1-2H3,(H,18,21)/b17-11+. The zero-order valence-corrected chi connectivity index (χ0v) is 12.6. The first-order chi connectivity index (χ1) is 10.9. The molecule has 0 aliphatic carbocycles. The van der Waals surface area contributed by atoms with Gasteiger partial charge in [0, 0.05) is 22.8 Å². The third-order valence-electron chi connectivity index (χ3n) is 3.28. The third-order valence-corrected chi connectivity index (χ3v) is 3.28. The van der Waals surface area contributed by atoms with Crippen molar-refractivity contribution < 1.29 is 14.8 Å². The second-order valence-corrected chi connectivity index (χ2v) is 4.94. The molecule has 0 atom stereocenters. The van der Waals surface area contributed by atoms with Gasteiger partial charge in [0.15, 0.2) is 0 Å². The van der Waals surface area contributed by atoms with Gasteiger partial charge in [0.2, 0.25) is 0 Å². The summed E-state index contributed by atoms with van der Waals surface area (Å²) in [5.41, 5.74) is 4.27. The number of hydrazone groups is 1. The van der Waals surface area contributed by atoms with Gasteiger partial charge in [-0.1, -0.05) is 12.1 Å². The van der Waals surface area contributed by atoms with Crippen molar-refractivity contribution in [3.63, 3.8) is 0 Å². The van der Waals surface area contributed by atoms with E-state index in [1.54, 1.807) is 26.0 Å². The molecule has 7 nitrogen and oxygen atoms in total. The first kappa shape index (κ1) is 16.2. The van der Waals surface area contributed by atoms with Crippen LogP contribution in [0.3, 0.4) is 0 Å². The lowest BCUT2D eigenvalue weighted by Gasteiger charge is -2.04. The number of hydrogen-bond acceptors (Lipinski definition) is 5. The van der Waals surface area contributed by atoms with Crippen LogP contribution in [-0.2, 0) is 0 Å². The van der Waals surface area contributed by atoms with Crippen LogP contribution in [0.5, 0.6) is 5.75 Å². The van der Waals surface area contributed by atoms with Crippen molar-refractivity contribution in [2.24, 2.45) is 5.10 Å². The summed E-state index contributed by atoms with van der Waals surface area (Å²) in [6.45, 7) is 3.30. The van der Waals surface area contributed by atoms with E-state index in [4.69, 9.17) is 0 Å². The Bertz CT molecular complexity index is 782. The number of nitro groups is 1. The van der Waals surface area contributed by atoms with E-state index in [0.29, 0.717) is 22.4 Å². The summed E-state index contributed by atoms with van der Waals surface area (Å²) in [5.74, 6) is -0.376. The summed E-state index contributed by atoms with van der Waals surface area (Å²) in [7, 11) is 0. The number of amides is 1. The number of nitrogens with zero attached hydrogens (tertiary/aromatic N) is 2. The number of aromatic hydroxyl groups is 1. The molecule has 0 unspecified atom stereocenters. The predicted molar refractivity (Wildman–Crippen MR) is 85.6 cm³/mol. The van der Waals surface area contributed by atoms with Crippen LogP contribution in [0, 0.1) is 17.0 Å². The van der Waals surface area contributed by atoms with Gasteiger partial charge in [0.05, 0.1) is 10.6 Å². The lowest BCUT2D eigenvalue weighted by atomic mass is 10.1. The smallest absolute Gasteiger partial charge is 0.272 e. The minimum atomic E-state index is -0.457. The van der Waals surface area contributed by atoms with Crippen molar-refractivity contribution >= 4 is 17.3 Å². The van der Waals surface area contributed by atoms with Gasteiger partial charge in [-0.25, -0.2) is 5.43 Å². The molecule has 7 heteroatoms. The van der Waals surface area contributed by atoms with Gasteiger partial charge >= 0.3 is 0 Å². The average molecular weight is 313 g/mol. The summed E-state index contributed by atoms with van der Waals surface area (Å²) in [6.07, 6.45) is 0. The van der Waals surface area contributed by atoms with Crippen LogP contribution in [0.1, 0.15) is 28.4 Å². The van der Waals surface area contributed by atoms with Crippen LogP contribution >= 0.6 is 0 Å². The van der Waals surface area contributed by atoms with Crippen LogP contribution in [0.2, 0.25) is 0 Å². The number of phenolic OH excluding ortho intramolecular Hbond substituents is 1. The molecule has 2 N–H and O–H groups in total. The van der Waals surface area contributed by atoms with Crippen LogP contribution < -0.4 is 5.43 Å². The van der Waals surface area contributed by atoms with Crippen LogP contribution in [-0.4, -0.2) is 21.6 Å². The number of benzene rings is 2. The van der Waals surface area contributed by atoms with E-state index in [-0.39, 0.29) is 11.4 Å². The third kappa shape index (κ3) is 3.91. The molecule has 2 rings (SSSR count). The Hall–Kier alpha value is -3.22. The summed E-state index contributed by atoms with van der Waals surface area (Å²) in [5, 5.41) is 24.1. The number of rotatable bonds is 4. The molecule has 0 bridgehead atoms. The molecule has 118 valence electrons. The predicted octanol–water partition coefficient (Wildman–Crippen LogP) is 2.76. The highest BCUT2D eigenvalue weighted by atomic mass is 16.6. The van der Waals surface area contributed by atoms with Gasteiger partial charge in [-0.15, -0.1) is 0 Å². The molecular weight excluding hydrogens is 298 g/mol. The van der Waals surface area contributed by atoms with Crippen molar-refractivity contribution in [3.05, 3.63) is 69.3 Å². The Morgan fingerprint density at radius 3 is 2.39 bits per heavy atom. The highest BCUT2D eigenvalue weighted by Crippen LogP contribution is 2.19. The fourth-order valence-electron chi connectivity index (χ4n) is 1.91. The molecular formula is C16H15N3O4. The molecule has 0 spiro atoms. The summed E-state index contributed by atoms with van der Waals surface area (Å²) < 4.78 is 0. The Kier molecular flexibility index (Phi) is 4.70. The van der Waals surface area contributed by atoms with Crippen molar-refractivity contribution in [2.75, 3.05) is 0 Å². The molecule has 0 saturated heterocycles. The van der Waals surface area contributed by atoms with Gasteiger partial charge in [-0.3, -0.25) is 14.9 Å². The Morgan fingerprint density at radius 1 is 1.17 bits per heavy atom. The fourth-order valence-corrected chi connectivity index (χ4v) is 1.91. The summed E-state index contributed by atoms with van der Waals surface area (Å²) >= 11 is 0. The number of carbonyl (C=O) groups excluding carboxylic acids is 1. The van der Waals surface area contributed by atoms with Crippen molar-refractivity contribution in [3.8, 4) is 5.75 Å². The molecule has 2 aromatic carbocycles. The average Bonchev–Trinajstić information content (AvgIpc) is 2.53. The highest BCUT2D eigenvalue weighted by Gasteiger charge is 2.12. The van der Waals surface area contributed by atoms with Crippen molar-refractivity contribution in [1.29, 1.82) is 0 Å². The molecule has 0 aliphatic heterocycles. The van der Waals surface area contributed by atoms with E-state index in [9.17, 15) is 20.0 Å². The maximum absolute atomic E-state index is 11.9. The van der Waals surface area contributed by atoms with Crippen LogP contribution in [0.25, 0.3) is 0 Å². The van der Waals surface area contributed by atoms with Gasteiger partial charge in [-0.05, 0) is 38.1 Å². The number of carbonyl (C=O) groups is 1. The molecule has 23 heavy (non-hydrogen) atoms. The molecule has 1 amide bonds. The van der Waals surface area contributed by atoms with E-state index in [1.165, 1.54) is 30.3 Å². The normalized spacial score (nSPS) is 11.1. The monoisotopic (exact) mass is 313 g/mol. The second kappa shape index (κ2) is 6.69. The van der Waals surface area contributed by atoms with E-state index in [1.807, 2.05) is 0 Å². The van der Waals surface area contributed by atoms with Gasteiger partial charge < -0.3 is 5.11 Å². The molecule has 2 aromatic rings. The van der Waals surface area contributed by atoms with E-state index in [2.05, 4.69) is 10.5 Å². The molecule has 0 fully saturated rings. The van der Waals surface area contributed by atoms with Gasteiger partial charge in [0.25, 0.3) is 11.6 Å². The Labute approximate surface area is 132 Å². The number of nitrogens with one attached hydrogen (secondary N) is 1. The number of phenols is 1. The number of aryl methyl sites for hydroxylation is 1. The number of nitro benzene ring substituents is 1. The Balaban J connectivity index is 2.16. The van der Waals surface area contributed by atoms with E-state index in [0.717, 1.165) is 0 Å². The van der Waals surface area contributed by atoms with Gasteiger partial charge in [-0.2, -0.15) is 5.10 Å². The maximum Gasteiger partial charge on any atom is 0.272 e. The molecule has 0 saturated carbocycles. The second-order valence-electron chi connectivity index (χ2n) is 4.94. The largest absolute Gasteiger partial charge is 0.508 e. The quantitative estimate of drug-likeness (QED) is 0.514.